The molecule has 0 spiro atoms. The van der Waals surface area contributed by atoms with Gasteiger partial charge in [-0.1, -0.05) is 120 Å². The van der Waals surface area contributed by atoms with Crippen molar-refractivity contribution in [2.45, 2.75) is 67.9 Å². The minimum absolute atomic E-state index is 0.0152. The summed E-state index contributed by atoms with van der Waals surface area (Å²) in [7, 11) is 0. The second kappa shape index (κ2) is 15.3. The largest absolute Gasteiger partial charge is 0.396 e. The van der Waals surface area contributed by atoms with Crippen molar-refractivity contribution in [2.24, 2.45) is 0 Å². The first-order valence-electron chi connectivity index (χ1n) is 14.2. The number of hydrogen-bond donors (Lipinski definition) is 1. The van der Waals surface area contributed by atoms with Gasteiger partial charge in [-0.15, -0.1) is 0 Å². The van der Waals surface area contributed by atoms with Crippen LogP contribution in [0.15, 0.2) is 120 Å². The number of aliphatic hydroxyl groups excluding tert-OH is 1. The fourth-order valence-corrected chi connectivity index (χ4v) is 6.08. The van der Waals surface area contributed by atoms with Gasteiger partial charge in [0.05, 0.1) is 25.9 Å². The summed E-state index contributed by atoms with van der Waals surface area (Å²) in [6.45, 7) is 3.30. The van der Waals surface area contributed by atoms with E-state index in [-0.39, 0.29) is 18.1 Å². The first kappa shape index (κ1) is 29.5. The Morgan fingerprint density at radius 1 is 0.610 bits per heavy atom. The van der Waals surface area contributed by atoms with Crippen LogP contribution in [0.3, 0.4) is 0 Å². The van der Waals surface area contributed by atoms with Crippen LogP contribution >= 0.6 is 11.8 Å². The molecule has 0 amide bonds. The lowest BCUT2D eigenvalue weighted by atomic mass is 9.96. The predicted molar refractivity (Wildman–Crippen MR) is 162 cm³/mol. The summed E-state index contributed by atoms with van der Waals surface area (Å²) in [5.41, 5.74) is 4.05. The first-order chi connectivity index (χ1) is 20.2. The molecule has 0 bridgehead atoms. The van der Waals surface area contributed by atoms with E-state index in [1.807, 2.05) is 66.7 Å². The van der Waals surface area contributed by atoms with E-state index in [1.54, 1.807) is 11.8 Å². The van der Waals surface area contributed by atoms with Gasteiger partial charge in [0.1, 0.15) is 23.7 Å². The Morgan fingerprint density at radius 3 is 1.56 bits per heavy atom. The van der Waals surface area contributed by atoms with Crippen molar-refractivity contribution in [1.29, 1.82) is 0 Å². The van der Waals surface area contributed by atoms with E-state index in [9.17, 15) is 5.11 Å². The van der Waals surface area contributed by atoms with Gasteiger partial charge in [0.2, 0.25) is 0 Å². The smallest absolute Gasteiger partial charge is 0.136 e. The molecular formula is C35H38O5S. The second-order valence-electron chi connectivity index (χ2n) is 10.3. The number of rotatable bonds is 13. The van der Waals surface area contributed by atoms with Gasteiger partial charge < -0.3 is 24.1 Å². The number of hydrogen-bond acceptors (Lipinski definition) is 6. The van der Waals surface area contributed by atoms with Crippen LogP contribution in [-0.4, -0.2) is 41.6 Å². The summed E-state index contributed by atoms with van der Waals surface area (Å²) >= 11 is 1.62. The molecule has 5 nitrogen and oxygen atoms in total. The highest BCUT2D eigenvalue weighted by molar-refractivity contribution is 7.99. The van der Waals surface area contributed by atoms with E-state index in [4.69, 9.17) is 18.9 Å². The third kappa shape index (κ3) is 8.52. The maximum absolute atomic E-state index is 10.0. The summed E-state index contributed by atoms with van der Waals surface area (Å²) in [6, 6.07) is 38.8. The van der Waals surface area contributed by atoms with Crippen LogP contribution in [0.25, 0.3) is 0 Å². The lowest BCUT2D eigenvalue weighted by molar-refractivity contribution is -0.248. The van der Waals surface area contributed by atoms with E-state index in [0.717, 1.165) is 21.6 Å². The van der Waals surface area contributed by atoms with E-state index in [0.29, 0.717) is 26.2 Å². The normalized spacial score (nSPS) is 22.4. The predicted octanol–water partition coefficient (Wildman–Crippen LogP) is 6.95. The minimum Gasteiger partial charge on any atom is -0.396 e. The van der Waals surface area contributed by atoms with Crippen LogP contribution in [0.1, 0.15) is 28.7 Å². The standard InChI is InChI=1S/C35H38O5S/c1-26-17-19-30(20-18-26)41-35-34(39-25-29-15-9-4-10-16-29)33(38-24-28-13-7-3-8-14-28)32(31(40-35)21-22-36)37-23-27-11-5-2-6-12-27/h2-20,31-36H,21-25H2,1H3/t31-,32-,33+,34-,35+/m1/s1. The molecule has 1 aliphatic heterocycles. The topological polar surface area (TPSA) is 57.2 Å². The van der Waals surface area contributed by atoms with Crippen molar-refractivity contribution in [3.8, 4) is 0 Å². The monoisotopic (exact) mass is 570 g/mol. The van der Waals surface area contributed by atoms with Gasteiger partial charge in [-0.3, -0.25) is 0 Å². The van der Waals surface area contributed by atoms with Gasteiger partial charge in [-0.2, -0.15) is 0 Å². The van der Waals surface area contributed by atoms with Gasteiger partial charge in [0, 0.05) is 11.5 Å². The highest BCUT2D eigenvalue weighted by Gasteiger charge is 2.48. The summed E-state index contributed by atoms with van der Waals surface area (Å²) in [4.78, 5) is 1.09. The molecular weight excluding hydrogens is 532 g/mol. The fourth-order valence-electron chi connectivity index (χ4n) is 4.95. The third-order valence-corrected chi connectivity index (χ3v) is 8.29. The molecule has 4 aromatic rings. The van der Waals surface area contributed by atoms with Crippen LogP contribution in [0.4, 0.5) is 0 Å². The summed E-state index contributed by atoms with van der Waals surface area (Å²) in [5, 5.41) is 10.0. The summed E-state index contributed by atoms with van der Waals surface area (Å²) < 4.78 is 26.7. The third-order valence-electron chi connectivity index (χ3n) is 7.13. The quantitative estimate of drug-likeness (QED) is 0.188. The van der Waals surface area contributed by atoms with Crippen molar-refractivity contribution in [2.75, 3.05) is 6.61 Å². The Morgan fingerprint density at radius 2 is 1.07 bits per heavy atom. The number of benzene rings is 4. The van der Waals surface area contributed by atoms with E-state index >= 15 is 0 Å². The van der Waals surface area contributed by atoms with E-state index < -0.39 is 18.3 Å². The summed E-state index contributed by atoms with van der Waals surface area (Å²) in [6.07, 6.45) is -1.25. The molecule has 5 rings (SSSR count). The van der Waals surface area contributed by atoms with Crippen LogP contribution in [0.2, 0.25) is 0 Å². The molecule has 1 heterocycles. The maximum atomic E-state index is 10.0. The van der Waals surface area contributed by atoms with Crippen LogP contribution in [0.5, 0.6) is 0 Å². The van der Waals surface area contributed by atoms with E-state index in [1.165, 1.54) is 5.56 Å². The molecule has 0 aliphatic carbocycles. The molecule has 1 aliphatic rings. The maximum Gasteiger partial charge on any atom is 0.136 e. The Balaban J connectivity index is 1.46. The Kier molecular flexibility index (Phi) is 11.0. The number of ether oxygens (including phenoxy) is 4. The van der Waals surface area contributed by atoms with Gasteiger partial charge in [-0.25, -0.2) is 0 Å². The minimum atomic E-state index is -0.443. The SMILES string of the molecule is Cc1ccc(S[C@@H]2O[C@H](CCO)[C@@H](OCc3ccccc3)[C@H](OCc3ccccc3)[C@H]2OCc2ccccc2)cc1. The highest BCUT2D eigenvalue weighted by atomic mass is 32.2. The lowest BCUT2D eigenvalue weighted by Gasteiger charge is -2.46. The first-order valence-corrected chi connectivity index (χ1v) is 15.0. The van der Waals surface area contributed by atoms with Crippen molar-refractivity contribution in [3.05, 3.63) is 138 Å². The average molecular weight is 571 g/mol. The number of aryl methyl sites for hydroxylation is 1. The molecule has 1 N–H and O–H groups in total. The van der Waals surface area contributed by atoms with Crippen LogP contribution < -0.4 is 0 Å². The van der Waals surface area contributed by atoms with Crippen LogP contribution in [-0.2, 0) is 38.8 Å². The zero-order chi connectivity index (χ0) is 28.3. The molecule has 0 aromatic heterocycles. The highest BCUT2D eigenvalue weighted by Crippen LogP contribution is 2.39. The summed E-state index contributed by atoms with van der Waals surface area (Å²) in [5.74, 6) is 0. The molecule has 6 heteroatoms. The number of aliphatic hydroxyl groups is 1. The molecule has 0 saturated carbocycles. The van der Waals surface area contributed by atoms with Crippen molar-refractivity contribution >= 4 is 11.8 Å². The Labute approximate surface area is 247 Å². The van der Waals surface area contributed by atoms with Gasteiger partial charge in [-0.05, 0) is 42.2 Å². The molecule has 5 atom stereocenters. The van der Waals surface area contributed by atoms with Crippen molar-refractivity contribution < 1.29 is 24.1 Å². The molecule has 1 fully saturated rings. The average Bonchev–Trinajstić information content (AvgIpc) is 3.02. The van der Waals surface area contributed by atoms with Crippen molar-refractivity contribution in [1.82, 2.24) is 0 Å². The fraction of sp³-hybridized carbons (Fsp3) is 0.314. The zero-order valence-corrected chi connectivity index (χ0v) is 24.2. The molecule has 4 aromatic carbocycles. The van der Waals surface area contributed by atoms with Crippen molar-refractivity contribution in [3.63, 3.8) is 0 Å². The Hall–Kier alpha value is -2.97. The molecule has 214 valence electrons. The molecule has 0 unspecified atom stereocenters. The molecule has 41 heavy (non-hydrogen) atoms. The molecule has 0 radical (unpaired) electrons. The zero-order valence-electron chi connectivity index (χ0n) is 23.4. The molecule has 1 saturated heterocycles. The van der Waals surface area contributed by atoms with Crippen LogP contribution in [0, 0.1) is 6.92 Å². The lowest BCUT2D eigenvalue weighted by Crippen LogP contribution is -2.59. The number of thioether (sulfide) groups is 1. The Bertz CT molecular complexity index is 1290. The van der Waals surface area contributed by atoms with E-state index in [2.05, 4.69) is 55.5 Å². The van der Waals surface area contributed by atoms with Gasteiger partial charge in [0.25, 0.3) is 0 Å². The van der Waals surface area contributed by atoms with Gasteiger partial charge in [0.15, 0.2) is 0 Å². The van der Waals surface area contributed by atoms with Gasteiger partial charge >= 0.3 is 0 Å². The second-order valence-corrected chi connectivity index (χ2v) is 11.4.